The zero-order valence-electron chi connectivity index (χ0n) is 24.2. The number of ether oxygens (including phenoxy) is 1. The summed E-state index contributed by atoms with van der Waals surface area (Å²) < 4.78 is 4.70. The molecule has 1 aromatic heterocycles. The number of H-pyrrole nitrogens is 1. The molecule has 0 unspecified atom stereocenters. The average molecular weight is 639 g/mol. The number of amides is 1. The van der Waals surface area contributed by atoms with Crippen LogP contribution in [0.5, 0.6) is 0 Å². The lowest BCUT2D eigenvalue weighted by Crippen LogP contribution is -2.61. The van der Waals surface area contributed by atoms with E-state index in [0.717, 1.165) is 5.69 Å². The van der Waals surface area contributed by atoms with E-state index in [0.29, 0.717) is 24.6 Å². The maximum Gasteiger partial charge on any atom is 0.326 e. The van der Waals surface area contributed by atoms with E-state index in [2.05, 4.69) is 25.9 Å². The first-order chi connectivity index (χ1) is 21.2. The summed E-state index contributed by atoms with van der Waals surface area (Å²) in [7, 11) is 1.79. The number of hydrogen-bond acceptors (Lipinski definition) is 15. The smallest absolute Gasteiger partial charge is 0.326 e. The summed E-state index contributed by atoms with van der Waals surface area (Å²) in [6.07, 6.45) is -5.44. The number of aliphatic carboxylic acids is 2. The Balaban J connectivity index is 0.000000385. The molecule has 2 aliphatic heterocycles. The molecular formula is C26H38N8O11. The van der Waals surface area contributed by atoms with Gasteiger partial charge in [0.15, 0.2) is 12.1 Å². The highest BCUT2D eigenvalue weighted by Gasteiger charge is 2.41. The van der Waals surface area contributed by atoms with Gasteiger partial charge in [-0.3, -0.25) is 19.4 Å². The van der Waals surface area contributed by atoms with Crippen LogP contribution in [0.3, 0.4) is 0 Å². The van der Waals surface area contributed by atoms with Crippen LogP contribution < -0.4 is 37.9 Å². The summed E-state index contributed by atoms with van der Waals surface area (Å²) in [6.45, 7) is 0.538. The van der Waals surface area contributed by atoms with Crippen molar-refractivity contribution in [1.82, 2.24) is 15.3 Å². The number of hydrogen-bond donors (Lipinski definition) is 12. The summed E-state index contributed by atoms with van der Waals surface area (Å²) in [6, 6.07) is 3.99. The number of carbonyl (C=O) groups excluding carboxylic acids is 1. The second-order valence-corrected chi connectivity index (χ2v) is 10.4. The van der Waals surface area contributed by atoms with Gasteiger partial charge in [-0.1, -0.05) is 0 Å². The predicted molar refractivity (Wildman–Crippen MR) is 159 cm³/mol. The molecule has 0 aliphatic carbocycles. The second kappa shape index (κ2) is 15.5. The van der Waals surface area contributed by atoms with Gasteiger partial charge in [0.25, 0.3) is 11.5 Å². The van der Waals surface area contributed by atoms with Gasteiger partial charge in [-0.2, -0.15) is 4.98 Å². The standard InChI is InChI=1S/C20H25N7O6.C6H13NO5/c1-27-12(9-23-16-15(27)18(31)26-20(21)25-16)8-22-11-4-2-10(3-5-11)17(30)24-13(19(32)33)6-7-14(28)29;7-3-5(10)4(9)2(1-8)12-6(3)11/h2-5,12-13,22H,6-9H2,1H3,(H,24,30)(H,28,29)(H,32,33)(H4,21,23,25,26,31);2-6,8-11H,1,7H2/t12-,13-;2-,3-,4+,5-,6-/m01/s1. The Morgan fingerprint density at radius 2 is 1.82 bits per heavy atom. The molecule has 3 heterocycles. The van der Waals surface area contributed by atoms with Gasteiger partial charge in [0.1, 0.15) is 30.0 Å². The van der Waals surface area contributed by atoms with Crippen LogP contribution >= 0.6 is 0 Å². The summed E-state index contributed by atoms with van der Waals surface area (Å²) in [5, 5.41) is 62.6. The molecule has 19 nitrogen and oxygen atoms in total. The summed E-state index contributed by atoms with van der Waals surface area (Å²) >= 11 is 0. The normalized spacial score (nSPS) is 24.6. The van der Waals surface area contributed by atoms with E-state index in [-0.39, 0.29) is 36.0 Å². The highest BCUT2D eigenvalue weighted by atomic mass is 16.6. The van der Waals surface area contributed by atoms with E-state index in [1.807, 2.05) is 4.90 Å². The van der Waals surface area contributed by atoms with Crippen LogP contribution in [0.15, 0.2) is 29.1 Å². The Morgan fingerprint density at radius 3 is 2.42 bits per heavy atom. The minimum absolute atomic E-state index is 0.0388. The molecule has 2 aliphatic rings. The van der Waals surface area contributed by atoms with E-state index in [9.17, 15) is 34.5 Å². The molecule has 4 rings (SSSR count). The van der Waals surface area contributed by atoms with E-state index in [4.69, 9.17) is 31.5 Å². The Kier molecular flexibility index (Phi) is 12.0. The number of fused-ring (bicyclic) bond motifs is 1. The molecule has 1 saturated heterocycles. The molecule has 1 amide bonds. The number of likely N-dealkylation sites (N-methyl/N-ethyl adjacent to an activating group) is 1. The Bertz CT molecular complexity index is 1390. The number of carbonyl (C=O) groups is 3. The van der Waals surface area contributed by atoms with Gasteiger partial charge in [-0.25, -0.2) is 4.79 Å². The van der Waals surface area contributed by atoms with Crippen molar-refractivity contribution >= 4 is 41.0 Å². The number of nitrogens with zero attached hydrogens (tertiary/aromatic N) is 2. The van der Waals surface area contributed by atoms with Crippen molar-refractivity contribution in [3.8, 4) is 0 Å². The van der Waals surface area contributed by atoms with Gasteiger partial charge in [-0.15, -0.1) is 0 Å². The molecule has 248 valence electrons. The molecule has 0 radical (unpaired) electrons. The number of aromatic amines is 1. The molecule has 45 heavy (non-hydrogen) atoms. The average Bonchev–Trinajstić information content (AvgIpc) is 2.99. The van der Waals surface area contributed by atoms with Gasteiger partial charge in [0, 0.05) is 37.8 Å². The fraction of sp³-hybridized carbons (Fsp3) is 0.500. The van der Waals surface area contributed by atoms with Crippen molar-refractivity contribution in [1.29, 1.82) is 0 Å². The fourth-order valence-corrected chi connectivity index (χ4v) is 4.54. The molecule has 14 N–H and O–H groups in total. The van der Waals surface area contributed by atoms with E-state index < -0.39 is 61.1 Å². The number of carboxylic acid groups (broad SMARTS) is 2. The number of nitrogens with two attached hydrogens (primary N) is 2. The Labute approximate surface area is 255 Å². The van der Waals surface area contributed by atoms with Crippen molar-refractivity contribution in [3.63, 3.8) is 0 Å². The first-order valence-electron chi connectivity index (χ1n) is 13.7. The number of benzene rings is 1. The lowest BCUT2D eigenvalue weighted by Gasteiger charge is -2.38. The number of rotatable bonds is 10. The van der Waals surface area contributed by atoms with Crippen LogP contribution in [0.1, 0.15) is 23.2 Å². The summed E-state index contributed by atoms with van der Waals surface area (Å²) in [5.74, 6) is -2.59. The quantitative estimate of drug-likeness (QED) is 0.120. The number of nitrogens with one attached hydrogen (secondary N) is 4. The molecule has 1 aromatic carbocycles. The monoisotopic (exact) mass is 638 g/mol. The van der Waals surface area contributed by atoms with E-state index in [1.165, 1.54) is 12.1 Å². The fourth-order valence-electron chi connectivity index (χ4n) is 4.54. The lowest BCUT2D eigenvalue weighted by atomic mass is 9.98. The number of nitrogen functional groups attached to an aromatic ring is 1. The summed E-state index contributed by atoms with van der Waals surface area (Å²) in [4.78, 5) is 54.9. The van der Waals surface area contributed by atoms with Crippen molar-refractivity contribution in [2.45, 2.75) is 55.6 Å². The number of carboxylic acids is 2. The van der Waals surface area contributed by atoms with Crippen LogP contribution in [0.2, 0.25) is 0 Å². The molecule has 0 spiro atoms. The first kappa shape index (κ1) is 35.0. The highest BCUT2D eigenvalue weighted by Crippen LogP contribution is 2.25. The SMILES string of the molecule is CN1c2c(nc(N)[nH]c2=O)NC[C@@H]1CNc1ccc(C(=O)N[C@@H](CCC(=O)O)C(=O)O)cc1.N[C@@H]1[C@@H](O)[C@@H](O)[C@@H](CO)O[C@H]1O. The van der Waals surface area contributed by atoms with Crippen LogP contribution in [0.4, 0.5) is 23.1 Å². The van der Waals surface area contributed by atoms with Gasteiger partial charge in [0.05, 0.1) is 18.7 Å². The second-order valence-electron chi connectivity index (χ2n) is 10.4. The van der Waals surface area contributed by atoms with E-state index >= 15 is 0 Å². The van der Waals surface area contributed by atoms with Gasteiger partial charge in [0.2, 0.25) is 5.95 Å². The van der Waals surface area contributed by atoms with Crippen LogP contribution in [-0.2, 0) is 14.3 Å². The molecule has 1 fully saturated rings. The van der Waals surface area contributed by atoms with E-state index in [1.54, 1.807) is 19.2 Å². The third-order valence-corrected chi connectivity index (χ3v) is 7.21. The molecule has 0 saturated carbocycles. The molecular weight excluding hydrogens is 600 g/mol. The Hall–Kier alpha value is -4.53. The number of aliphatic hydroxyl groups is 4. The molecule has 0 bridgehead atoms. The lowest BCUT2D eigenvalue weighted by molar-refractivity contribution is -0.248. The number of aliphatic hydroxyl groups excluding tert-OH is 4. The summed E-state index contributed by atoms with van der Waals surface area (Å²) in [5.41, 5.74) is 11.9. The third kappa shape index (κ3) is 9.00. The number of aromatic nitrogens is 2. The molecule has 2 aromatic rings. The topological polar surface area (TPSA) is 319 Å². The number of anilines is 4. The van der Waals surface area contributed by atoms with Crippen LogP contribution in [-0.4, -0.2) is 128 Å². The van der Waals surface area contributed by atoms with Crippen LogP contribution in [0.25, 0.3) is 0 Å². The van der Waals surface area contributed by atoms with Gasteiger partial charge < -0.3 is 67.7 Å². The molecule has 7 atom stereocenters. The first-order valence-corrected chi connectivity index (χ1v) is 13.7. The predicted octanol–water partition coefficient (Wildman–Crippen LogP) is -3.51. The minimum Gasteiger partial charge on any atom is -0.481 e. The maximum absolute atomic E-state index is 12.3. The van der Waals surface area contributed by atoms with Crippen LogP contribution in [0, 0.1) is 0 Å². The van der Waals surface area contributed by atoms with Crippen molar-refractivity contribution in [2.24, 2.45) is 5.73 Å². The van der Waals surface area contributed by atoms with Crippen molar-refractivity contribution in [3.05, 3.63) is 40.2 Å². The largest absolute Gasteiger partial charge is 0.481 e. The van der Waals surface area contributed by atoms with Crippen molar-refractivity contribution in [2.75, 3.05) is 48.0 Å². The zero-order chi connectivity index (χ0) is 33.4. The highest BCUT2D eigenvalue weighted by molar-refractivity contribution is 5.97. The third-order valence-electron chi connectivity index (χ3n) is 7.21. The molecule has 19 heteroatoms. The van der Waals surface area contributed by atoms with Gasteiger partial charge in [-0.05, 0) is 30.7 Å². The Morgan fingerprint density at radius 1 is 1.16 bits per heavy atom. The van der Waals surface area contributed by atoms with Crippen molar-refractivity contribution < 1.29 is 49.8 Å². The maximum atomic E-state index is 12.3. The zero-order valence-corrected chi connectivity index (χ0v) is 24.2. The minimum atomic E-state index is -1.35. The van der Waals surface area contributed by atoms with Gasteiger partial charge >= 0.3 is 11.9 Å².